The van der Waals surface area contributed by atoms with Crippen molar-refractivity contribution in [2.24, 2.45) is 0 Å². The van der Waals surface area contributed by atoms with Crippen molar-refractivity contribution in [3.8, 4) is 0 Å². The molecule has 0 saturated carbocycles. The Hall–Kier alpha value is -1.92. The van der Waals surface area contributed by atoms with Gasteiger partial charge in [0.05, 0.1) is 23.8 Å². The summed E-state index contributed by atoms with van der Waals surface area (Å²) < 4.78 is 15.6. The molecule has 2 heterocycles. The Bertz CT molecular complexity index is 549. The molecule has 1 aromatic rings. The number of carboxylic acid groups (broad SMARTS) is 1. The largest absolute Gasteiger partial charge is 0.479 e. The molecule has 0 spiro atoms. The molecule has 1 N–H and O–H groups in total. The summed E-state index contributed by atoms with van der Waals surface area (Å²) in [5.41, 5.74) is -2.25. The quantitative estimate of drug-likeness (QED) is 0.887. The van der Waals surface area contributed by atoms with Crippen LogP contribution in [0.5, 0.6) is 0 Å². The summed E-state index contributed by atoms with van der Waals surface area (Å²) in [6.45, 7) is 5.52. The Kier molecular flexibility index (Phi) is 3.31. The third kappa shape index (κ3) is 2.52. The third-order valence-electron chi connectivity index (χ3n) is 3.41. The highest BCUT2D eigenvalue weighted by Crippen LogP contribution is 2.27. The van der Waals surface area contributed by atoms with Crippen molar-refractivity contribution in [3.63, 3.8) is 0 Å². The lowest BCUT2D eigenvalue weighted by atomic mass is 10.1. The highest BCUT2D eigenvalue weighted by Gasteiger charge is 2.47. The van der Waals surface area contributed by atoms with Gasteiger partial charge in [0.15, 0.2) is 0 Å². The molecular formula is C13H18FN3O3. The van der Waals surface area contributed by atoms with Crippen molar-refractivity contribution in [1.82, 2.24) is 14.7 Å². The van der Waals surface area contributed by atoms with Gasteiger partial charge in [-0.3, -0.25) is 9.48 Å². The summed E-state index contributed by atoms with van der Waals surface area (Å²) in [6, 6.07) is 0. The van der Waals surface area contributed by atoms with Crippen LogP contribution in [0.3, 0.4) is 0 Å². The molecule has 110 valence electrons. The molecule has 1 saturated heterocycles. The van der Waals surface area contributed by atoms with Crippen molar-refractivity contribution in [2.45, 2.75) is 38.4 Å². The zero-order valence-electron chi connectivity index (χ0n) is 11.8. The highest BCUT2D eigenvalue weighted by molar-refractivity contribution is 5.94. The Morgan fingerprint density at radius 3 is 2.55 bits per heavy atom. The normalized spacial score (nSPS) is 23.1. The lowest BCUT2D eigenvalue weighted by Gasteiger charge is -2.19. The summed E-state index contributed by atoms with van der Waals surface area (Å²) in [6.07, 6.45) is 2.84. The van der Waals surface area contributed by atoms with Crippen molar-refractivity contribution < 1.29 is 19.1 Å². The second-order valence-electron chi connectivity index (χ2n) is 6.09. The molecule has 0 aliphatic carbocycles. The van der Waals surface area contributed by atoms with Crippen LogP contribution in [0.4, 0.5) is 4.39 Å². The van der Waals surface area contributed by atoms with Gasteiger partial charge < -0.3 is 10.0 Å². The van der Waals surface area contributed by atoms with Crippen LogP contribution >= 0.6 is 0 Å². The van der Waals surface area contributed by atoms with E-state index >= 15 is 0 Å². The first-order valence-corrected chi connectivity index (χ1v) is 6.40. The summed E-state index contributed by atoms with van der Waals surface area (Å²) in [4.78, 5) is 24.3. The molecule has 2 rings (SSSR count). The topological polar surface area (TPSA) is 75.4 Å². The molecule has 0 bridgehead atoms. The smallest absolute Gasteiger partial charge is 0.343 e. The Labute approximate surface area is 116 Å². The number of nitrogens with zero attached hydrogens (tertiary/aromatic N) is 3. The Balaban J connectivity index is 2.14. The van der Waals surface area contributed by atoms with Crippen molar-refractivity contribution in [1.29, 1.82) is 0 Å². The average molecular weight is 283 g/mol. The van der Waals surface area contributed by atoms with Crippen LogP contribution in [-0.2, 0) is 10.3 Å². The minimum Gasteiger partial charge on any atom is -0.479 e. The second kappa shape index (κ2) is 4.57. The molecule has 20 heavy (non-hydrogen) atoms. The maximum atomic E-state index is 13.9. The molecule has 1 amide bonds. The van der Waals surface area contributed by atoms with E-state index in [1.165, 1.54) is 11.1 Å². The number of aromatic nitrogens is 2. The Morgan fingerprint density at radius 2 is 2.10 bits per heavy atom. The lowest BCUT2D eigenvalue weighted by molar-refractivity contribution is -0.149. The number of rotatable bonds is 2. The number of likely N-dealkylation sites (tertiary alicyclic amines) is 1. The number of hydrogen-bond acceptors (Lipinski definition) is 3. The van der Waals surface area contributed by atoms with Gasteiger partial charge in [0, 0.05) is 19.2 Å². The van der Waals surface area contributed by atoms with Crippen LogP contribution in [0.25, 0.3) is 0 Å². The van der Waals surface area contributed by atoms with Gasteiger partial charge in [-0.2, -0.15) is 5.10 Å². The molecule has 0 aromatic carbocycles. The first kappa shape index (κ1) is 14.5. The van der Waals surface area contributed by atoms with E-state index in [-0.39, 0.29) is 24.4 Å². The second-order valence-corrected chi connectivity index (χ2v) is 6.09. The van der Waals surface area contributed by atoms with Gasteiger partial charge >= 0.3 is 5.97 Å². The molecule has 1 aliphatic rings. The predicted molar refractivity (Wildman–Crippen MR) is 69.2 cm³/mol. The SMILES string of the molecule is CC(C)(C)n1cc(C(=O)N2CCC(F)(C(=O)O)C2)cn1. The molecule has 1 aromatic heterocycles. The van der Waals surface area contributed by atoms with E-state index in [1.54, 1.807) is 10.9 Å². The number of carboxylic acids is 1. The fourth-order valence-corrected chi connectivity index (χ4v) is 2.10. The van der Waals surface area contributed by atoms with Crippen LogP contribution in [0.2, 0.25) is 0 Å². The predicted octanol–water partition coefficient (Wildman–Crippen LogP) is 1.28. The van der Waals surface area contributed by atoms with Gasteiger partial charge in [0.1, 0.15) is 0 Å². The minimum atomic E-state index is -2.34. The molecule has 6 nitrogen and oxygen atoms in total. The van der Waals surface area contributed by atoms with Crippen LogP contribution in [0.1, 0.15) is 37.6 Å². The highest BCUT2D eigenvalue weighted by atomic mass is 19.1. The lowest BCUT2D eigenvalue weighted by Crippen LogP contribution is -2.38. The van der Waals surface area contributed by atoms with Gasteiger partial charge in [-0.25, -0.2) is 9.18 Å². The molecule has 1 aliphatic heterocycles. The number of hydrogen-bond donors (Lipinski definition) is 1. The number of carbonyl (C=O) groups is 2. The average Bonchev–Trinajstić information content (AvgIpc) is 2.94. The standard InChI is InChI=1S/C13H18FN3O3/c1-12(2,3)17-7-9(6-15-17)10(18)16-5-4-13(14,8-16)11(19)20/h6-7H,4-5,8H2,1-3H3,(H,19,20). The molecule has 1 atom stereocenters. The summed E-state index contributed by atoms with van der Waals surface area (Å²) in [5, 5.41) is 12.9. The van der Waals surface area contributed by atoms with Gasteiger partial charge in [-0.1, -0.05) is 0 Å². The molecule has 0 radical (unpaired) electrons. The van der Waals surface area contributed by atoms with Crippen molar-refractivity contribution in [3.05, 3.63) is 18.0 Å². The molecule has 7 heteroatoms. The monoisotopic (exact) mass is 283 g/mol. The van der Waals surface area contributed by atoms with Crippen molar-refractivity contribution >= 4 is 11.9 Å². The summed E-state index contributed by atoms with van der Waals surface area (Å²) in [5.74, 6) is -1.90. The van der Waals surface area contributed by atoms with Crippen LogP contribution in [0.15, 0.2) is 12.4 Å². The van der Waals surface area contributed by atoms with Crippen molar-refractivity contribution in [2.75, 3.05) is 13.1 Å². The first-order chi connectivity index (χ1) is 9.13. The zero-order valence-corrected chi connectivity index (χ0v) is 11.8. The van der Waals surface area contributed by atoms with E-state index in [1.807, 2.05) is 20.8 Å². The van der Waals surface area contributed by atoms with Crippen LogP contribution < -0.4 is 0 Å². The minimum absolute atomic E-state index is 0.0995. The first-order valence-electron chi connectivity index (χ1n) is 6.40. The number of alkyl halides is 1. The third-order valence-corrected chi connectivity index (χ3v) is 3.41. The number of carbonyl (C=O) groups excluding carboxylic acids is 1. The maximum absolute atomic E-state index is 13.9. The fourth-order valence-electron chi connectivity index (χ4n) is 2.10. The molecule has 1 unspecified atom stereocenters. The van der Waals surface area contributed by atoms with E-state index in [0.717, 1.165) is 0 Å². The van der Waals surface area contributed by atoms with Gasteiger partial charge in [-0.15, -0.1) is 0 Å². The molecule has 1 fully saturated rings. The number of halogens is 1. The van der Waals surface area contributed by atoms with E-state index in [0.29, 0.717) is 5.56 Å². The maximum Gasteiger partial charge on any atom is 0.343 e. The fraction of sp³-hybridized carbons (Fsp3) is 0.615. The van der Waals surface area contributed by atoms with E-state index in [4.69, 9.17) is 5.11 Å². The number of aliphatic carboxylic acids is 1. The Morgan fingerprint density at radius 1 is 1.45 bits per heavy atom. The molecular weight excluding hydrogens is 265 g/mol. The van der Waals surface area contributed by atoms with E-state index in [9.17, 15) is 14.0 Å². The van der Waals surface area contributed by atoms with Crippen LogP contribution in [-0.4, -0.2) is 50.4 Å². The van der Waals surface area contributed by atoms with Gasteiger partial charge in [-0.05, 0) is 20.8 Å². The number of amides is 1. The van der Waals surface area contributed by atoms with Crippen LogP contribution in [0, 0.1) is 0 Å². The van der Waals surface area contributed by atoms with E-state index < -0.39 is 18.2 Å². The summed E-state index contributed by atoms with van der Waals surface area (Å²) >= 11 is 0. The zero-order chi connectivity index (χ0) is 15.1. The summed E-state index contributed by atoms with van der Waals surface area (Å²) in [7, 11) is 0. The van der Waals surface area contributed by atoms with E-state index in [2.05, 4.69) is 5.10 Å². The van der Waals surface area contributed by atoms with Gasteiger partial charge in [0.25, 0.3) is 5.91 Å². The van der Waals surface area contributed by atoms with Gasteiger partial charge in [0.2, 0.25) is 5.67 Å².